The van der Waals surface area contributed by atoms with Crippen molar-refractivity contribution in [2.24, 2.45) is 0 Å². The van der Waals surface area contributed by atoms with E-state index in [1.54, 1.807) is 30.3 Å². The molecule has 142 valence electrons. The van der Waals surface area contributed by atoms with Crippen LogP contribution >= 0.6 is 0 Å². The Labute approximate surface area is 158 Å². The Balaban J connectivity index is 2.26. The average Bonchev–Trinajstić information content (AvgIpc) is 2.66. The summed E-state index contributed by atoms with van der Waals surface area (Å²) in [6.07, 6.45) is -4.77. The topological polar surface area (TPSA) is 23.8 Å². The minimum absolute atomic E-state index is 0.00325. The van der Waals surface area contributed by atoms with Gasteiger partial charge >= 0.3 is 6.18 Å². The van der Waals surface area contributed by atoms with Crippen molar-refractivity contribution in [1.29, 1.82) is 5.26 Å². The second-order valence-electron chi connectivity index (χ2n) is 6.41. The molecule has 0 aliphatic heterocycles. The van der Waals surface area contributed by atoms with Gasteiger partial charge in [0.25, 0.3) is 0 Å². The Bertz CT molecular complexity index is 1000. The van der Waals surface area contributed by atoms with E-state index in [1.165, 1.54) is 12.1 Å². The third-order valence-electron chi connectivity index (χ3n) is 4.56. The zero-order valence-electron chi connectivity index (χ0n) is 14.5. The van der Waals surface area contributed by atoms with E-state index < -0.39 is 28.8 Å². The summed E-state index contributed by atoms with van der Waals surface area (Å²) in [7, 11) is 0. The highest BCUT2D eigenvalue weighted by Crippen LogP contribution is 2.39. The van der Waals surface area contributed by atoms with Crippen molar-refractivity contribution < 1.29 is 22.0 Å². The maximum Gasteiger partial charge on any atom is 0.416 e. The predicted octanol–water partition coefficient (Wildman–Crippen LogP) is 6.04. The smallest absolute Gasteiger partial charge is 0.207 e. The van der Waals surface area contributed by atoms with E-state index in [9.17, 15) is 27.2 Å². The summed E-state index contributed by atoms with van der Waals surface area (Å²) in [6.45, 7) is 0. The Morgan fingerprint density at radius 1 is 0.714 bits per heavy atom. The lowest BCUT2D eigenvalue weighted by molar-refractivity contribution is -0.137. The molecular formula is C22H14F5N. The molecule has 0 bridgehead atoms. The first-order valence-electron chi connectivity index (χ1n) is 8.34. The first kappa shape index (κ1) is 19.6. The SMILES string of the molecule is N#CC(Cc1ccccc1)(c1ccc(F)cc1)c1cc(F)cc(C(F)(F)F)c1. The van der Waals surface area contributed by atoms with Crippen molar-refractivity contribution >= 4 is 0 Å². The molecule has 3 aromatic carbocycles. The highest BCUT2D eigenvalue weighted by atomic mass is 19.4. The van der Waals surface area contributed by atoms with Gasteiger partial charge in [0.15, 0.2) is 0 Å². The van der Waals surface area contributed by atoms with Gasteiger partial charge in [-0.25, -0.2) is 8.78 Å². The lowest BCUT2D eigenvalue weighted by Gasteiger charge is -2.29. The lowest BCUT2D eigenvalue weighted by Crippen LogP contribution is -2.29. The fourth-order valence-corrected chi connectivity index (χ4v) is 3.18. The van der Waals surface area contributed by atoms with Gasteiger partial charge in [-0.05, 0) is 53.4 Å². The molecule has 0 spiro atoms. The van der Waals surface area contributed by atoms with Crippen molar-refractivity contribution in [3.05, 3.63) is 107 Å². The molecule has 1 nitrogen and oxygen atoms in total. The number of hydrogen-bond donors (Lipinski definition) is 0. The van der Waals surface area contributed by atoms with E-state index >= 15 is 0 Å². The van der Waals surface area contributed by atoms with Crippen molar-refractivity contribution in [2.75, 3.05) is 0 Å². The molecule has 3 aromatic rings. The quantitative estimate of drug-likeness (QED) is 0.501. The zero-order valence-corrected chi connectivity index (χ0v) is 14.5. The fraction of sp³-hybridized carbons (Fsp3) is 0.136. The van der Waals surface area contributed by atoms with Gasteiger partial charge in [0.1, 0.15) is 17.0 Å². The number of alkyl halides is 3. The van der Waals surface area contributed by atoms with Crippen LogP contribution in [-0.2, 0) is 18.0 Å². The molecule has 1 atom stereocenters. The Morgan fingerprint density at radius 2 is 1.32 bits per heavy atom. The van der Waals surface area contributed by atoms with Crippen molar-refractivity contribution in [3.63, 3.8) is 0 Å². The van der Waals surface area contributed by atoms with Crippen LogP contribution in [0.5, 0.6) is 0 Å². The van der Waals surface area contributed by atoms with Crippen molar-refractivity contribution in [1.82, 2.24) is 0 Å². The average molecular weight is 387 g/mol. The summed E-state index contributed by atoms with van der Waals surface area (Å²) in [5, 5.41) is 10.1. The molecule has 0 radical (unpaired) electrons. The molecule has 0 amide bonds. The molecule has 3 rings (SSSR count). The number of rotatable bonds is 4. The molecule has 0 saturated carbocycles. The molecular weight excluding hydrogens is 373 g/mol. The second-order valence-corrected chi connectivity index (χ2v) is 6.41. The van der Waals surface area contributed by atoms with Crippen LogP contribution in [0.15, 0.2) is 72.8 Å². The van der Waals surface area contributed by atoms with E-state index in [0.717, 1.165) is 24.3 Å². The van der Waals surface area contributed by atoms with Crippen LogP contribution in [0.25, 0.3) is 0 Å². The molecule has 0 N–H and O–H groups in total. The Kier molecular flexibility index (Phi) is 5.19. The number of benzene rings is 3. The summed E-state index contributed by atoms with van der Waals surface area (Å²) in [6, 6.07) is 17.7. The zero-order chi connectivity index (χ0) is 20.4. The van der Waals surface area contributed by atoms with Gasteiger partial charge in [-0.3, -0.25) is 0 Å². The second kappa shape index (κ2) is 7.43. The number of nitriles is 1. The molecule has 6 heteroatoms. The number of nitrogens with zero attached hydrogens (tertiary/aromatic N) is 1. The van der Waals surface area contributed by atoms with Crippen molar-refractivity contribution in [2.45, 2.75) is 18.0 Å². The molecule has 1 unspecified atom stereocenters. The third kappa shape index (κ3) is 3.89. The van der Waals surface area contributed by atoms with Gasteiger partial charge in [0.05, 0.1) is 11.6 Å². The molecule has 0 aliphatic carbocycles. The molecule has 0 aromatic heterocycles. The molecule has 28 heavy (non-hydrogen) atoms. The summed E-state index contributed by atoms with van der Waals surface area (Å²) >= 11 is 0. The summed E-state index contributed by atoms with van der Waals surface area (Å²) in [5.74, 6) is -1.65. The normalized spacial score (nSPS) is 13.6. The van der Waals surface area contributed by atoms with Crippen LogP contribution in [-0.4, -0.2) is 0 Å². The van der Waals surface area contributed by atoms with Crippen LogP contribution < -0.4 is 0 Å². The first-order valence-corrected chi connectivity index (χ1v) is 8.34. The number of hydrogen-bond acceptors (Lipinski definition) is 1. The maximum atomic E-state index is 14.1. The van der Waals surface area contributed by atoms with Crippen molar-refractivity contribution in [3.8, 4) is 6.07 Å². The van der Waals surface area contributed by atoms with E-state index in [-0.39, 0.29) is 17.5 Å². The summed E-state index contributed by atoms with van der Waals surface area (Å²) in [4.78, 5) is 0. The molecule has 0 heterocycles. The van der Waals surface area contributed by atoms with Gasteiger partial charge in [-0.2, -0.15) is 18.4 Å². The van der Waals surface area contributed by atoms with Gasteiger partial charge in [0.2, 0.25) is 0 Å². The maximum absolute atomic E-state index is 14.1. The summed E-state index contributed by atoms with van der Waals surface area (Å²) < 4.78 is 67.1. The van der Waals surface area contributed by atoms with E-state index in [1.807, 2.05) is 0 Å². The first-order chi connectivity index (χ1) is 13.2. The molecule has 0 aliphatic rings. The van der Waals surface area contributed by atoms with Crippen LogP contribution in [0, 0.1) is 23.0 Å². The minimum Gasteiger partial charge on any atom is -0.207 e. The van der Waals surface area contributed by atoms with Gasteiger partial charge < -0.3 is 0 Å². The third-order valence-corrected chi connectivity index (χ3v) is 4.56. The summed E-state index contributed by atoms with van der Waals surface area (Å²) in [5.41, 5.74) is -2.00. The Hall–Kier alpha value is -3.20. The van der Waals surface area contributed by atoms with Gasteiger partial charge in [-0.1, -0.05) is 42.5 Å². The van der Waals surface area contributed by atoms with Crippen LogP contribution in [0.3, 0.4) is 0 Å². The largest absolute Gasteiger partial charge is 0.416 e. The van der Waals surface area contributed by atoms with E-state index in [2.05, 4.69) is 6.07 Å². The van der Waals surface area contributed by atoms with Gasteiger partial charge in [-0.15, -0.1) is 0 Å². The molecule has 0 saturated heterocycles. The Morgan fingerprint density at radius 3 is 1.89 bits per heavy atom. The standard InChI is InChI=1S/C22H14F5N/c23-19-8-6-16(7-9-19)21(14-28,13-15-4-2-1-3-5-15)17-10-18(22(25,26)27)12-20(24)11-17/h1-12H,13H2. The fourth-order valence-electron chi connectivity index (χ4n) is 3.18. The van der Waals surface area contributed by atoms with Crippen LogP contribution in [0.1, 0.15) is 22.3 Å². The lowest BCUT2D eigenvalue weighted by atomic mass is 9.71. The van der Waals surface area contributed by atoms with Crippen LogP contribution in [0.4, 0.5) is 22.0 Å². The van der Waals surface area contributed by atoms with Crippen LogP contribution in [0.2, 0.25) is 0 Å². The number of halogens is 5. The highest BCUT2D eigenvalue weighted by molar-refractivity contribution is 5.49. The molecule has 0 fully saturated rings. The predicted molar refractivity (Wildman–Crippen MR) is 94.3 cm³/mol. The highest BCUT2D eigenvalue weighted by Gasteiger charge is 2.39. The van der Waals surface area contributed by atoms with E-state index in [4.69, 9.17) is 0 Å². The monoisotopic (exact) mass is 387 g/mol. The van der Waals surface area contributed by atoms with E-state index in [0.29, 0.717) is 11.6 Å². The minimum atomic E-state index is -4.77. The van der Waals surface area contributed by atoms with Gasteiger partial charge in [0, 0.05) is 0 Å².